The van der Waals surface area contributed by atoms with Crippen LogP contribution in [0.3, 0.4) is 0 Å². The summed E-state index contributed by atoms with van der Waals surface area (Å²) < 4.78 is 7.51. The van der Waals surface area contributed by atoms with E-state index in [0.717, 1.165) is 37.6 Å². The Bertz CT molecular complexity index is 525. The molecule has 0 aliphatic heterocycles. The molecule has 0 aliphatic rings. The third-order valence-electron chi connectivity index (χ3n) is 2.86. The van der Waals surface area contributed by atoms with Crippen LogP contribution in [0.25, 0.3) is 11.4 Å². The second-order valence-corrected chi connectivity index (χ2v) is 5.47. The number of hydrogen-bond donors (Lipinski definition) is 0. The Morgan fingerprint density at radius 3 is 2.65 bits per heavy atom. The highest BCUT2D eigenvalue weighted by Gasteiger charge is 2.11. The Balaban J connectivity index is 1.96. The van der Waals surface area contributed by atoms with Gasteiger partial charge in [-0.25, -0.2) is 0 Å². The van der Waals surface area contributed by atoms with Gasteiger partial charge in [0.05, 0.1) is 0 Å². The molecule has 0 radical (unpaired) electrons. The van der Waals surface area contributed by atoms with Gasteiger partial charge in [-0.05, 0) is 23.9 Å². The van der Waals surface area contributed by atoms with E-state index in [1.165, 1.54) is 0 Å². The molecule has 0 unspecified atom stereocenters. The summed E-state index contributed by atoms with van der Waals surface area (Å²) in [6.07, 6.45) is 0.893. The van der Waals surface area contributed by atoms with E-state index < -0.39 is 0 Å². The van der Waals surface area contributed by atoms with E-state index in [2.05, 4.69) is 24.0 Å². The maximum atomic E-state index is 6.11. The van der Waals surface area contributed by atoms with Crippen LogP contribution < -0.4 is 0 Å². The predicted octanol–water partition coefficient (Wildman–Crippen LogP) is 3.66. The van der Waals surface area contributed by atoms with Crippen LogP contribution in [0.1, 0.15) is 20.3 Å². The van der Waals surface area contributed by atoms with Gasteiger partial charge in [0.2, 0.25) is 5.28 Å². The molecule has 2 aromatic rings. The molecule has 0 N–H and O–H groups in total. The molecule has 0 spiro atoms. The molecule has 5 heteroatoms. The maximum Gasteiger partial charge on any atom is 0.225 e. The van der Waals surface area contributed by atoms with Gasteiger partial charge in [0, 0.05) is 25.3 Å². The van der Waals surface area contributed by atoms with Gasteiger partial charge in [-0.15, -0.1) is 10.2 Å². The molecule has 108 valence electrons. The Hall–Kier alpha value is -1.39. The minimum Gasteiger partial charge on any atom is -0.381 e. The summed E-state index contributed by atoms with van der Waals surface area (Å²) in [6, 6.07) is 9.95. The highest BCUT2D eigenvalue weighted by molar-refractivity contribution is 6.28. The molecule has 0 aliphatic carbocycles. The van der Waals surface area contributed by atoms with Gasteiger partial charge >= 0.3 is 0 Å². The predicted molar refractivity (Wildman–Crippen MR) is 80.7 cm³/mol. The number of rotatable bonds is 7. The lowest BCUT2D eigenvalue weighted by molar-refractivity contribution is 0.105. The fourth-order valence-electron chi connectivity index (χ4n) is 1.93. The monoisotopic (exact) mass is 293 g/mol. The molecule has 1 heterocycles. The molecule has 2 rings (SSSR count). The number of nitrogens with zero attached hydrogens (tertiary/aromatic N) is 3. The highest BCUT2D eigenvalue weighted by Crippen LogP contribution is 2.20. The molecule has 1 aromatic heterocycles. The molecule has 0 atom stereocenters. The van der Waals surface area contributed by atoms with Gasteiger partial charge in [-0.1, -0.05) is 44.2 Å². The van der Waals surface area contributed by atoms with E-state index in [-0.39, 0.29) is 0 Å². The summed E-state index contributed by atoms with van der Waals surface area (Å²) in [6.45, 7) is 6.56. The minimum absolute atomic E-state index is 0.424. The average Bonchev–Trinajstić information content (AvgIpc) is 2.80. The quantitative estimate of drug-likeness (QED) is 0.731. The standard InChI is InChI=1S/C15H20ClN3O/c1-12(2)11-20-10-6-9-19-14(17-18-15(19)16)13-7-4-3-5-8-13/h3-5,7-8,12H,6,9-11H2,1-2H3. The van der Waals surface area contributed by atoms with Crippen LogP contribution in [0.5, 0.6) is 0 Å². The van der Waals surface area contributed by atoms with Crippen LogP contribution in [-0.4, -0.2) is 28.0 Å². The zero-order chi connectivity index (χ0) is 14.4. The topological polar surface area (TPSA) is 39.9 Å². The van der Waals surface area contributed by atoms with E-state index in [1.54, 1.807) is 0 Å². The third-order valence-corrected chi connectivity index (χ3v) is 3.14. The molecule has 0 saturated heterocycles. The fraction of sp³-hybridized carbons (Fsp3) is 0.467. The van der Waals surface area contributed by atoms with Crippen LogP contribution in [0.15, 0.2) is 30.3 Å². The maximum absolute atomic E-state index is 6.11. The van der Waals surface area contributed by atoms with Crippen molar-refractivity contribution in [1.29, 1.82) is 0 Å². The summed E-state index contributed by atoms with van der Waals surface area (Å²) in [5.74, 6) is 1.37. The lowest BCUT2D eigenvalue weighted by Crippen LogP contribution is -2.07. The molecular formula is C15H20ClN3O. The Labute approximate surface area is 124 Å². The van der Waals surface area contributed by atoms with E-state index in [0.29, 0.717) is 11.2 Å². The average molecular weight is 294 g/mol. The molecule has 4 nitrogen and oxygen atoms in total. The largest absolute Gasteiger partial charge is 0.381 e. The van der Waals surface area contributed by atoms with Crippen molar-refractivity contribution in [3.05, 3.63) is 35.6 Å². The smallest absolute Gasteiger partial charge is 0.225 e. The first-order chi connectivity index (χ1) is 9.68. The van der Waals surface area contributed by atoms with Crippen LogP contribution in [0, 0.1) is 5.92 Å². The Morgan fingerprint density at radius 1 is 1.20 bits per heavy atom. The number of benzene rings is 1. The molecule has 0 bridgehead atoms. The van der Waals surface area contributed by atoms with E-state index in [4.69, 9.17) is 16.3 Å². The van der Waals surface area contributed by atoms with Gasteiger partial charge in [0.1, 0.15) is 0 Å². The van der Waals surface area contributed by atoms with Crippen molar-refractivity contribution in [3.8, 4) is 11.4 Å². The van der Waals surface area contributed by atoms with E-state index >= 15 is 0 Å². The summed E-state index contributed by atoms with van der Waals surface area (Å²) in [5, 5.41) is 8.53. The number of aromatic nitrogens is 3. The SMILES string of the molecule is CC(C)COCCCn1c(Cl)nnc1-c1ccccc1. The third kappa shape index (κ3) is 4.05. The summed E-state index contributed by atoms with van der Waals surface area (Å²) >= 11 is 6.11. The van der Waals surface area contributed by atoms with E-state index in [1.807, 2.05) is 34.9 Å². The van der Waals surface area contributed by atoms with Crippen molar-refractivity contribution in [2.75, 3.05) is 13.2 Å². The zero-order valence-electron chi connectivity index (χ0n) is 11.9. The first-order valence-electron chi connectivity index (χ1n) is 6.90. The number of ether oxygens (including phenoxy) is 1. The highest BCUT2D eigenvalue weighted by atomic mass is 35.5. The number of hydrogen-bond acceptors (Lipinski definition) is 3. The lowest BCUT2D eigenvalue weighted by Gasteiger charge is -2.09. The number of halogens is 1. The fourth-order valence-corrected chi connectivity index (χ4v) is 2.13. The second kappa shape index (κ2) is 7.41. The molecule has 0 amide bonds. The summed E-state index contributed by atoms with van der Waals surface area (Å²) in [5.41, 5.74) is 1.02. The van der Waals surface area contributed by atoms with Crippen molar-refractivity contribution in [1.82, 2.24) is 14.8 Å². The first-order valence-corrected chi connectivity index (χ1v) is 7.28. The van der Waals surface area contributed by atoms with Gasteiger partial charge in [-0.3, -0.25) is 4.57 Å². The van der Waals surface area contributed by atoms with Crippen molar-refractivity contribution in [2.24, 2.45) is 5.92 Å². The van der Waals surface area contributed by atoms with Gasteiger partial charge in [-0.2, -0.15) is 0 Å². The van der Waals surface area contributed by atoms with Crippen LogP contribution >= 0.6 is 11.6 Å². The summed E-state index contributed by atoms with van der Waals surface area (Å²) in [4.78, 5) is 0. The van der Waals surface area contributed by atoms with Crippen molar-refractivity contribution >= 4 is 11.6 Å². The molecular weight excluding hydrogens is 274 g/mol. The van der Waals surface area contributed by atoms with Gasteiger partial charge in [0.15, 0.2) is 5.82 Å². The van der Waals surface area contributed by atoms with E-state index in [9.17, 15) is 0 Å². The Kier molecular flexibility index (Phi) is 5.56. The van der Waals surface area contributed by atoms with Gasteiger partial charge < -0.3 is 4.74 Å². The summed E-state index contributed by atoms with van der Waals surface area (Å²) in [7, 11) is 0. The van der Waals surface area contributed by atoms with Crippen LogP contribution in [0.2, 0.25) is 5.28 Å². The molecule has 0 fully saturated rings. The molecule has 1 aromatic carbocycles. The lowest BCUT2D eigenvalue weighted by atomic mass is 10.2. The second-order valence-electron chi connectivity index (χ2n) is 5.13. The van der Waals surface area contributed by atoms with Crippen molar-refractivity contribution in [2.45, 2.75) is 26.8 Å². The Morgan fingerprint density at radius 2 is 1.95 bits per heavy atom. The molecule has 20 heavy (non-hydrogen) atoms. The first kappa shape index (κ1) is 15.0. The zero-order valence-corrected chi connectivity index (χ0v) is 12.7. The normalized spacial score (nSPS) is 11.2. The van der Waals surface area contributed by atoms with Crippen LogP contribution in [-0.2, 0) is 11.3 Å². The van der Waals surface area contributed by atoms with Gasteiger partial charge in [0.25, 0.3) is 0 Å². The van der Waals surface area contributed by atoms with Crippen molar-refractivity contribution in [3.63, 3.8) is 0 Å². The molecule has 0 saturated carbocycles. The minimum atomic E-state index is 0.424. The van der Waals surface area contributed by atoms with Crippen LogP contribution in [0.4, 0.5) is 0 Å². The van der Waals surface area contributed by atoms with Crippen molar-refractivity contribution < 1.29 is 4.74 Å².